The first kappa shape index (κ1) is 14.9. The normalized spacial score (nSPS) is 19.1. The second-order valence-electron chi connectivity index (χ2n) is 5.07. The van der Waals surface area contributed by atoms with Gasteiger partial charge in [0, 0.05) is 18.3 Å². The van der Waals surface area contributed by atoms with Gasteiger partial charge in [0.15, 0.2) is 0 Å². The summed E-state index contributed by atoms with van der Waals surface area (Å²) in [5, 5.41) is 3.70. The predicted octanol–water partition coefficient (Wildman–Crippen LogP) is 2.21. The summed E-state index contributed by atoms with van der Waals surface area (Å²) in [5.41, 5.74) is 7.14. The van der Waals surface area contributed by atoms with Gasteiger partial charge in [-0.15, -0.1) is 0 Å². The maximum absolute atomic E-state index is 11.8. The van der Waals surface area contributed by atoms with Gasteiger partial charge in [0.05, 0.1) is 23.4 Å². The number of esters is 1. The van der Waals surface area contributed by atoms with Crippen molar-refractivity contribution in [3.05, 3.63) is 22.7 Å². The summed E-state index contributed by atoms with van der Waals surface area (Å²) < 4.78 is 4.78. The van der Waals surface area contributed by atoms with Crippen LogP contribution in [0.3, 0.4) is 0 Å². The monoisotopic (exact) mass is 297 g/mol. The van der Waals surface area contributed by atoms with Gasteiger partial charge in [-0.3, -0.25) is 0 Å². The number of nitrogens with zero attached hydrogens (tertiary/aromatic N) is 1. The average Bonchev–Trinajstić information content (AvgIpc) is 2.81. The van der Waals surface area contributed by atoms with Gasteiger partial charge in [-0.05, 0) is 38.6 Å². The lowest BCUT2D eigenvalue weighted by atomic mass is 10.1. The molecule has 0 bridgehead atoms. The molecule has 1 aromatic rings. The average molecular weight is 298 g/mol. The van der Waals surface area contributed by atoms with Crippen LogP contribution in [0.15, 0.2) is 12.1 Å². The van der Waals surface area contributed by atoms with Crippen LogP contribution in [0.2, 0.25) is 5.02 Å². The smallest absolute Gasteiger partial charge is 0.340 e. The molecule has 0 spiro atoms. The Hall–Kier alpha value is -1.46. The van der Waals surface area contributed by atoms with Crippen molar-refractivity contribution in [2.45, 2.75) is 18.9 Å². The highest BCUT2D eigenvalue weighted by molar-refractivity contribution is 6.34. The number of hydrogen-bond donors (Lipinski definition) is 2. The third kappa shape index (κ3) is 3.16. The molecule has 1 aliphatic heterocycles. The third-order valence-electron chi connectivity index (χ3n) is 3.70. The van der Waals surface area contributed by atoms with E-state index in [0.717, 1.165) is 19.5 Å². The SMILES string of the molecule is COC(=O)c1cc(N)cc(Cl)c1NCC1CCCN1C. The van der Waals surface area contributed by atoms with E-state index < -0.39 is 5.97 Å². The van der Waals surface area contributed by atoms with Crippen molar-refractivity contribution in [1.29, 1.82) is 0 Å². The molecule has 0 amide bonds. The minimum absolute atomic E-state index is 0.373. The van der Waals surface area contributed by atoms with Crippen LogP contribution in [0.1, 0.15) is 23.2 Å². The van der Waals surface area contributed by atoms with Crippen LogP contribution in [-0.4, -0.2) is 44.2 Å². The number of benzene rings is 1. The number of likely N-dealkylation sites (N-methyl/N-ethyl adjacent to an activating group) is 1. The first-order chi connectivity index (χ1) is 9.52. The molecule has 1 atom stereocenters. The minimum atomic E-state index is -0.443. The lowest BCUT2D eigenvalue weighted by Crippen LogP contribution is -2.32. The number of methoxy groups -OCH3 is 1. The largest absolute Gasteiger partial charge is 0.465 e. The van der Waals surface area contributed by atoms with Crippen molar-refractivity contribution in [3.8, 4) is 0 Å². The zero-order valence-electron chi connectivity index (χ0n) is 11.8. The number of likely N-dealkylation sites (tertiary alicyclic amines) is 1. The summed E-state index contributed by atoms with van der Waals surface area (Å²) in [4.78, 5) is 14.1. The molecule has 6 heteroatoms. The number of nitrogen functional groups attached to an aromatic ring is 1. The van der Waals surface area contributed by atoms with Gasteiger partial charge in [-0.25, -0.2) is 4.79 Å². The van der Waals surface area contributed by atoms with Crippen molar-refractivity contribution < 1.29 is 9.53 Å². The molecule has 110 valence electrons. The first-order valence-corrected chi connectivity index (χ1v) is 7.02. The molecule has 0 aromatic heterocycles. The number of nitrogens with one attached hydrogen (secondary N) is 1. The molecule has 1 unspecified atom stereocenters. The first-order valence-electron chi connectivity index (χ1n) is 6.64. The topological polar surface area (TPSA) is 67.6 Å². The van der Waals surface area contributed by atoms with Crippen molar-refractivity contribution in [1.82, 2.24) is 4.90 Å². The van der Waals surface area contributed by atoms with Crippen LogP contribution in [0, 0.1) is 0 Å². The number of hydrogen-bond acceptors (Lipinski definition) is 5. The number of ether oxygens (including phenoxy) is 1. The summed E-state index contributed by atoms with van der Waals surface area (Å²) >= 11 is 6.19. The van der Waals surface area contributed by atoms with Crippen molar-refractivity contribution in [2.75, 3.05) is 38.3 Å². The molecule has 1 fully saturated rings. The van der Waals surface area contributed by atoms with Crippen molar-refractivity contribution >= 4 is 28.9 Å². The molecule has 0 saturated carbocycles. The van der Waals surface area contributed by atoms with Crippen LogP contribution < -0.4 is 11.1 Å². The summed E-state index contributed by atoms with van der Waals surface area (Å²) in [6.45, 7) is 1.84. The van der Waals surface area contributed by atoms with E-state index in [9.17, 15) is 4.79 Å². The Labute approximate surface area is 124 Å². The highest BCUT2D eigenvalue weighted by Crippen LogP contribution is 2.30. The summed E-state index contributed by atoms with van der Waals surface area (Å²) in [7, 11) is 3.44. The molecular formula is C14H20ClN3O2. The molecule has 3 N–H and O–H groups in total. The van der Waals surface area contributed by atoms with E-state index in [2.05, 4.69) is 17.3 Å². The maximum Gasteiger partial charge on any atom is 0.340 e. The van der Waals surface area contributed by atoms with Gasteiger partial charge in [0.25, 0.3) is 0 Å². The molecule has 1 aliphatic rings. The number of rotatable bonds is 4. The van der Waals surface area contributed by atoms with E-state index in [1.807, 2.05) is 0 Å². The lowest BCUT2D eigenvalue weighted by Gasteiger charge is -2.21. The Morgan fingerprint density at radius 2 is 2.35 bits per heavy atom. The highest BCUT2D eigenvalue weighted by Gasteiger charge is 2.22. The third-order valence-corrected chi connectivity index (χ3v) is 4.00. The fourth-order valence-corrected chi connectivity index (χ4v) is 2.83. The Morgan fingerprint density at radius 1 is 1.60 bits per heavy atom. The van der Waals surface area contributed by atoms with E-state index in [4.69, 9.17) is 22.1 Å². The predicted molar refractivity (Wildman–Crippen MR) is 81.3 cm³/mol. The summed E-state index contributed by atoms with van der Waals surface area (Å²) in [6.07, 6.45) is 2.34. The second-order valence-corrected chi connectivity index (χ2v) is 5.48. The number of anilines is 2. The van der Waals surface area contributed by atoms with E-state index in [-0.39, 0.29) is 0 Å². The van der Waals surface area contributed by atoms with Gasteiger partial charge in [-0.2, -0.15) is 0 Å². The van der Waals surface area contributed by atoms with Crippen LogP contribution in [0.5, 0.6) is 0 Å². The van der Waals surface area contributed by atoms with Gasteiger partial charge in [-0.1, -0.05) is 11.6 Å². The lowest BCUT2D eigenvalue weighted by molar-refractivity contribution is 0.0602. The molecule has 1 saturated heterocycles. The molecule has 0 radical (unpaired) electrons. The molecule has 1 heterocycles. The van der Waals surface area contributed by atoms with Gasteiger partial charge in [0.2, 0.25) is 0 Å². The molecule has 0 aliphatic carbocycles. The fraction of sp³-hybridized carbons (Fsp3) is 0.500. The Kier molecular flexibility index (Phi) is 4.73. The Balaban J connectivity index is 2.19. The van der Waals surface area contributed by atoms with Crippen LogP contribution in [0.25, 0.3) is 0 Å². The molecule has 1 aromatic carbocycles. The molecular weight excluding hydrogens is 278 g/mol. The molecule has 5 nitrogen and oxygen atoms in total. The van der Waals surface area contributed by atoms with E-state index in [1.54, 1.807) is 12.1 Å². The number of halogens is 1. The zero-order chi connectivity index (χ0) is 14.7. The van der Waals surface area contributed by atoms with Crippen LogP contribution >= 0.6 is 11.6 Å². The summed E-state index contributed by atoms with van der Waals surface area (Å²) in [6, 6.07) is 3.67. The quantitative estimate of drug-likeness (QED) is 0.659. The fourth-order valence-electron chi connectivity index (χ4n) is 2.54. The van der Waals surface area contributed by atoms with Crippen LogP contribution in [-0.2, 0) is 4.74 Å². The molecule has 20 heavy (non-hydrogen) atoms. The zero-order valence-corrected chi connectivity index (χ0v) is 12.5. The van der Waals surface area contributed by atoms with Gasteiger partial charge < -0.3 is 20.7 Å². The minimum Gasteiger partial charge on any atom is -0.465 e. The standard InChI is InChI=1S/C14H20ClN3O2/c1-18-5-3-4-10(18)8-17-13-11(14(19)20-2)6-9(16)7-12(13)15/h6-7,10,17H,3-5,8,16H2,1-2H3. The number of carbonyl (C=O) groups excluding carboxylic acids is 1. The second kappa shape index (κ2) is 6.33. The molecule has 2 rings (SSSR count). The van der Waals surface area contributed by atoms with Gasteiger partial charge >= 0.3 is 5.97 Å². The van der Waals surface area contributed by atoms with E-state index in [0.29, 0.717) is 28.0 Å². The van der Waals surface area contributed by atoms with Crippen molar-refractivity contribution in [2.24, 2.45) is 0 Å². The number of nitrogens with two attached hydrogens (primary N) is 1. The van der Waals surface area contributed by atoms with Gasteiger partial charge in [0.1, 0.15) is 0 Å². The van der Waals surface area contributed by atoms with E-state index in [1.165, 1.54) is 13.5 Å². The number of carbonyl (C=O) groups is 1. The van der Waals surface area contributed by atoms with Crippen LogP contribution in [0.4, 0.5) is 11.4 Å². The highest BCUT2D eigenvalue weighted by atomic mass is 35.5. The van der Waals surface area contributed by atoms with E-state index >= 15 is 0 Å². The maximum atomic E-state index is 11.8. The van der Waals surface area contributed by atoms with Crippen molar-refractivity contribution in [3.63, 3.8) is 0 Å². The Morgan fingerprint density at radius 3 is 2.95 bits per heavy atom. The summed E-state index contributed by atoms with van der Waals surface area (Å²) in [5.74, 6) is -0.443. The Bertz CT molecular complexity index is 507.